The minimum Gasteiger partial charge on any atom is -0.366 e. The van der Waals surface area contributed by atoms with Crippen LogP contribution in [0.5, 0.6) is 0 Å². The minimum atomic E-state index is 0.521. The average Bonchev–Trinajstić information content (AvgIpc) is 3.28. The van der Waals surface area contributed by atoms with Crippen molar-refractivity contribution in [2.75, 3.05) is 36.4 Å². The smallest absolute Gasteiger partial charge is 0.225 e. The molecule has 0 spiro atoms. The van der Waals surface area contributed by atoms with Crippen LogP contribution in [-0.4, -0.2) is 50.7 Å². The number of halogens is 2. The number of piperazine rings is 1. The minimum absolute atomic E-state index is 0.521. The molecule has 5 rings (SSSR count). The highest BCUT2D eigenvalue weighted by Crippen LogP contribution is 2.25. The molecular formula is C21H20Cl2N8. The summed E-state index contributed by atoms with van der Waals surface area (Å²) in [4.78, 5) is 16.0. The van der Waals surface area contributed by atoms with E-state index in [1.165, 1.54) is 0 Å². The summed E-state index contributed by atoms with van der Waals surface area (Å²) in [6.45, 7) is 4.21. The summed E-state index contributed by atoms with van der Waals surface area (Å²) in [6, 6.07) is 9.26. The lowest BCUT2D eigenvalue weighted by atomic mass is 10.2. The Labute approximate surface area is 189 Å². The Hall–Kier alpha value is -2.94. The van der Waals surface area contributed by atoms with Gasteiger partial charge in [-0.05, 0) is 17.7 Å². The molecular weight excluding hydrogens is 435 g/mol. The fraction of sp³-hybridized carbons (Fsp3) is 0.238. The Kier molecular flexibility index (Phi) is 5.59. The van der Waals surface area contributed by atoms with Crippen LogP contribution in [-0.2, 0) is 6.54 Å². The molecule has 0 saturated carbocycles. The van der Waals surface area contributed by atoms with Gasteiger partial charge in [-0.3, -0.25) is 0 Å². The number of aromatic nitrogens is 5. The number of fused-ring (bicyclic) bond motifs is 1. The van der Waals surface area contributed by atoms with Crippen molar-refractivity contribution in [3.63, 3.8) is 0 Å². The largest absolute Gasteiger partial charge is 0.366 e. The van der Waals surface area contributed by atoms with E-state index >= 15 is 0 Å². The Morgan fingerprint density at radius 3 is 2.61 bits per heavy atom. The maximum absolute atomic E-state index is 6.32. The number of nitrogens with zero attached hydrogens (tertiary/aromatic N) is 6. The van der Waals surface area contributed by atoms with E-state index in [1.807, 2.05) is 36.7 Å². The molecule has 0 unspecified atom stereocenters. The first kappa shape index (κ1) is 20.0. The molecule has 1 aromatic carbocycles. The maximum Gasteiger partial charge on any atom is 0.225 e. The van der Waals surface area contributed by atoms with Gasteiger partial charge in [0, 0.05) is 72.9 Å². The van der Waals surface area contributed by atoms with Crippen molar-refractivity contribution in [3.05, 3.63) is 64.5 Å². The molecule has 158 valence electrons. The molecule has 0 bridgehead atoms. The van der Waals surface area contributed by atoms with Crippen LogP contribution in [0.4, 0.5) is 11.8 Å². The molecule has 4 aromatic rings. The highest BCUT2D eigenvalue weighted by molar-refractivity contribution is 6.35. The van der Waals surface area contributed by atoms with Gasteiger partial charge in [0.2, 0.25) is 5.95 Å². The van der Waals surface area contributed by atoms with Gasteiger partial charge in [-0.25, -0.2) is 15.0 Å². The summed E-state index contributed by atoms with van der Waals surface area (Å²) in [7, 11) is 0. The van der Waals surface area contributed by atoms with Crippen LogP contribution in [0.15, 0.2) is 48.9 Å². The van der Waals surface area contributed by atoms with E-state index in [0.29, 0.717) is 16.6 Å². The quantitative estimate of drug-likeness (QED) is 0.477. The summed E-state index contributed by atoms with van der Waals surface area (Å²) in [5, 5.41) is 12.3. The fourth-order valence-corrected chi connectivity index (χ4v) is 3.99. The molecule has 0 amide bonds. The van der Waals surface area contributed by atoms with Crippen molar-refractivity contribution >= 4 is 40.6 Å². The third-order valence-corrected chi connectivity index (χ3v) is 5.76. The third-order valence-electron chi connectivity index (χ3n) is 5.17. The number of benzene rings is 1. The van der Waals surface area contributed by atoms with E-state index in [4.69, 9.17) is 28.2 Å². The van der Waals surface area contributed by atoms with E-state index < -0.39 is 0 Å². The molecule has 31 heavy (non-hydrogen) atoms. The monoisotopic (exact) mass is 454 g/mol. The molecule has 8 nitrogen and oxygen atoms in total. The molecule has 0 atom stereocenters. The van der Waals surface area contributed by atoms with Gasteiger partial charge in [-0.2, -0.15) is 9.61 Å². The van der Waals surface area contributed by atoms with Crippen LogP contribution >= 0.6 is 23.2 Å². The van der Waals surface area contributed by atoms with Gasteiger partial charge in [0.05, 0.1) is 11.9 Å². The summed E-state index contributed by atoms with van der Waals surface area (Å²) in [5.41, 5.74) is 3.28. The van der Waals surface area contributed by atoms with Gasteiger partial charge in [-0.15, -0.1) is 0 Å². The fourth-order valence-electron chi connectivity index (χ4n) is 3.52. The first-order chi connectivity index (χ1) is 15.2. The zero-order valence-corrected chi connectivity index (χ0v) is 18.1. The number of nitrogens with one attached hydrogen (secondary N) is 2. The molecule has 1 fully saturated rings. The van der Waals surface area contributed by atoms with Crippen LogP contribution < -0.4 is 15.5 Å². The highest BCUT2D eigenvalue weighted by Gasteiger charge is 2.14. The lowest BCUT2D eigenvalue weighted by molar-refractivity contribution is 0.580. The molecule has 3 aromatic heterocycles. The molecule has 1 aliphatic heterocycles. The normalized spacial score (nSPS) is 14.2. The molecule has 4 heterocycles. The van der Waals surface area contributed by atoms with Gasteiger partial charge >= 0.3 is 0 Å². The lowest BCUT2D eigenvalue weighted by Gasteiger charge is -2.27. The average molecular weight is 455 g/mol. The van der Waals surface area contributed by atoms with Gasteiger partial charge in [0.15, 0.2) is 5.65 Å². The summed E-state index contributed by atoms with van der Waals surface area (Å²) >= 11 is 12.3. The van der Waals surface area contributed by atoms with Gasteiger partial charge in [0.25, 0.3) is 0 Å². The molecule has 1 saturated heterocycles. The number of hydrogen-bond donors (Lipinski definition) is 2. The summed E-state index contributed by atoms with van der Waals surface area (Å²) in [6.07, 6.45) is 5.36. The number of hydrogen-bond acceptors (Lipinski definition) is 7. The van der Waals surface area contributed by atoms with Crippen molar-refractivity contribution in [3.8, 4) is 11.3 Å². The van der Waals surface area contributed by atoms with Crippen LogP contribution in [0.3, 0.4) is 0 Å². The van der Waals surface area contributed by atoms with E-state index in [0.717, 1.165) is 60.4 Å². The Morgan fingerprint density at radius 2 is 1.84 bits per heavy atom. The topological polar surface area (TPSA) is 83.3 Å². The second kappa shape index (κ2) is 8.66. The van der Waals surface area contributed by atoms with Gasteiger partial charge in [0.1, 0.15) is 5.82 Å². The van der Waals surface area contributed by atoms with Gasteiger partial charge < -0.3 is 15.5 Å². The van der Waals surface area contributed by atoms with Crippen LogP contribution in [0.25, 0.3) is 16.9 Å². The third kappa shape index (κ3) is 4.27. The number of anilines is 2. The predicted octanol–water partition coefficient (Wildman–Crippen LogP) is 3.51. The zero-order chi connectivity index (χ0) is 21.2. The Morgan fingerprint density at radius 1 is 1.03 bits per heavy atom. The SMILES string of the molecule is Clc1ccc(CNc2cc(-c3cnc(N4CCNCC4)nc3)nc3ccnn23)c(Cl)c1. The van der Waals surface area contributed by atoms with Crippen molar-refractivity contribution < 1.29 is 0 Å². The van der Waals surface area contributed by atoms with E-state index in [2.05, 4.69) is 30.6 Å². The standard InChI is InChI=1S/C21H20Cl2N8/c22-16-2-1-14(17(23)9-16)11-25-20-10-18(29-19-3-4-28-31(19)20)15-12-26-21(27-13-15)30-7-5-24-6-8-30/h1-4,9-10,12-13,24-25H,5-8,11H2. The van der Waals surface area contributed by atoms with Crippen LogP contribution in [0.1, 0.15) is 5.56 Å². The first-order valence-electron chi connectivity index (χ1n) is 9.98. The maximum atomic E-state index is 6.32. The lowest BCUT2D eigenvalue weighted by Crippen LogP contribution is -2.44. The molecule has 1 aliphatic rings. The molecule has 2 N–H and O–H groups in total. The first-order valence-corrected chi connectivity index (χ1v) is 10.7. The highest BCUT2D eigenvalue weighted by atomic mass is 35.5. The number of rotatable bonds is 5. The predicted molar refractivity (Wildman–Crippen MR) is 123 cm³/mol. The van der Waals surface area contributed by atoms with Crippen molar-refractivity contribution in [1.82, 2.24) is 29.9 Å². The summed E-state index contributed by atoms with van der Waals surface area (Å²) < 4.78 is 1.75. The van der Waals surface area contributed by atoms with E-state index in [9.17, 15) is 0 Å². The second-order valence-corrected chi connectivity index (χ2v) is 8.07. The molecule has 0 radical (unpaired) electrons. The second-order valence-electron chi connectivity index (χ2n) is 7.23. The Balaban J connectivity index is 1.42. The zero-order valence-electron chi connectivity index (χ0n) is 16.6. The summed E-state index contributed by atoms with van der Waals surface area (Å²) in [5.74, 6) is 1.54. The van der Waals surface area contributed by atoms with Gasteiger partial charge in [-0.1, -0.05) is 29.3 Å². The molecule has 10 heteroatoms. The van der Waals surface area contributed by atoms with Crippen molar-refractivity contribution in [1.29, 1.82) is 0 Å². The van der Waals surface area contributed by atoms with Crippen LogP contribution in [0, 0.1) is 0 Å². The van der Waals surface area contributed by atoms with Crippen molar-refractivity contribution in [2.24, 2.45) is 0 Å². The molecule has 0 aliphatic carbocycles. The van der Waals surface area contributed by atoms with E-state index in [-0.39, 0.29) is 0 Å². The van der Waals surface area contributed by atoms with Crippen LogP contribution in [0.2, 0.25) is 10.0 Å². The Bertz CT molecular complexity index is 1200. The van der Waals surface area contributed by atoms with E-state index in [1.54, 1.807) is 16.8 Å². The van der Waals surface area contributed by atoms with Crippen molar-refractivity contribution in [2.45, 2.75) is 6.54 Å².